The van der Waals surface area contributed by atoms with Crippen LogP contribution in [0.1, 0.15) is 6.92 Å². The Bertz CT molecular complexity index is 415. The number of ether oxygens (including phenoxy) is 1. The molecule has 0 aromatic rings. The lowest BCUT2D eigenvalue weighted by molar-refractivity contribution is -0.416. The van der Waals surface area contributed by atoms with Crippen molar-refractivity contribution in [2.45, 2.75) is 6.92 Å². The maximum absolute atomic E-state index is 11.4. The summed E-state index contributed by atoms with van der Waals surface area (Å²) in [6.45, 7) is 1.90. The lowest BCUT2D eigenvalue weighted by Gasteiger charge is -2.17. The summed E-state index contributed by atoms with van der Waals surface area (Å²) in [7, 11) is 1.59. The second-order valence-corrected chi connectivity index (χ2v) is 3.39. The number of carbonyl (C=O) groups is 2. The zero-order chi connectivity index (χ0) is 10.3. The van der Waals surface area contributed by atoms with E-state index in [0.29, 0.717) is 5.71 Å². The molecule has 14 heavy (non-hydrogen) atoms. The first-order valence-electron chi connectivity index (χ1n) is 4.32. The minimum Gasteiger partial charge on any atom is -0.336 e. The summed E-state index contributed by atoms with van der Waals surface area (Å²) in [6.07, 6.45) is 4.83. The van der Waals surface area contributed by atoms with Gasteiger partial charge in [-0.05, 0) is 6.92 Å². The molecule has 0 aromatic heterocycles. The molecule has 0 bridgehead atoms. The molecule has 1 amide bonds. The Balaban J connectivity index is 2.53. The molecule has 1 heterocycles. The van der Waals surface area contributed by atoms with Crippen molar-refractivity contribution < 1.29 is 18.9 Å². The van der Waals surface area contributed by atoms with Crippen LogP contribution in [0.3, 0.4) is 0 Å². The third kappa shape index (κ3) is 1.19. The summed E-state index contributed by atoms with van der Waals surface area (Å²) < 4.78 is 5.92. The Morgan fingerprint density at radius 1 is 1.36 bits per heavy atom. The average molecular weight is 192 g/mol. The van der Waals surface area contributed by atoms with Crippen molar-refractivity contribution in [2.24, 2.45) is 5.92 Å². The normalized spacial score (nSPS) is 25.9. The van der Waals surface area contributed by atoms with Gasteiger partial charge in [0.1, 0.15) is 7.05 Å². The van der Waals surface area contributed by atoms with E-state index in [4.69, 9.17) is 0 Å². The Morgan fingerprint density at radius 3 is 2.79 bits per heavy atom. The minimum absolute atomic E-state index is 0.428. The van der Waals surface area contributed by atoms with Gasteiger partial charge in [0.15, 0.2) is 5.92 Å². The smallest absolute Gasteiger partial charge is 0.336 e. The van der Waals surface area contributed by atoms with Crippen LogP contribution < -0.4 is 0 Å². The predicted molar refractivity (Wildman–Crippen MR) is 49.1 cm³/mol. The number of hydrogen-bond donors (Lipinski definition) is 0. The van der Waals surface area contributed by atoms with Gasteiger partial charge < -0.3 is 4.74 Å². The third-order valence-electron chi connectivity index (χ3n) is 2.37. The first kappa shape index (κ1) is 8.87. The number of carbonyl (C=O) groups excluding carboxylic acids is 2. The lowest BCUT2D eigenvalue weighted by atomic mass is 9.94. The number of hydrogen-bond acceptors (Lipinski definition) is 3. The van der Waals surface area contributed by atoms with E-state index >= 15 is 0 Å². The zero-order valence-electron chi connectivity index (χ0n) is 7.98. The van der Waals surface area contributed by atoms with E-state index in [2.05, 4.69) is 4.74 Å². The monoisotopic (exact) mass is 192 g/mol. The van der Waals surface area contributed by atoms with Gasteiger partial charge in [-0.25, -0.2) is 0 Å². The number of esters is 1. The molecule has 4 heteroatoms. The number of cyclic esters (lactones) is 2. The number of allylic oxidation sites excluding steroid dienone is 3. The summed E-state index contributed by atoms with van der Waals surface area (Å²) in [6, 6.07) is 0. The standard InChI is InChI=1S/C10H10NO3/c1-6-3-4-8-7(5-6)9(12)14-10(13)11(8)2/h3-5,7H,1-2H3/q+1. The molecule has 0 saturated heterocycles. The molecule has 4 nitrogen and oxygen atoms in total. The van der Waals surface area contributed by atoms with Gasteiger partial charge in [0.2, 0.25) is 5.71 Å². The van der Waals surface area contributed by atoms with Crippen molar-refractivity contribution in [1.82, 2.24) is 0 Å². The van der Waals surface area contributed by atoms with E-state index in [-0.39, 0.29) is 0 Å². The molecule has 1 atom stereocenters. The third-order valence-corrected chi connectivity index (χ3v) is 2.37. The summed E-state index contributed by atoms with van der Waals surface area (Å²) in [5.41, 5.74) is 1.68. The molecule has 72 valence electrons. The highest BCUT2D eigenvalue weighted by Gasteiger charge is 2.40. The highest BCUT2D eigenvalue weighted by atomic mass is 16.6. The number of fused-ring (bicyclic) bond motifs is 1. The zero-order valence-corrected chi connectivity index (χ0v) is 7.98. The van der Waals surface area contributed by atoms with E-state index in [9.17, 15) is 9.59 Å². The van der Waals surface area contributed by atoms with Gasteiger partial charge in [-0.15, -0.1) is 4.58 Å². The molecule has 0 saturated carbocycles. The maximum Gasteiger partial charge on any atom is 0.604 e. The van der Waals surface area contributed by atoms with Crippen LogP contribution in [0.5, 0.6) is 0 Å². The summed E-state index contributed by atoms with van der Waals surface area (Å²) in [5, 5.41) is 0. The van der Waals surface area contributed by atoms with Crippen LogP contribution in [0.25, 0.3) is 0 Å². The van der Waals surface area contributed by atoms with Gasteiger partial charge in [0.25, 0.3) is 0 Å². The number of rotatable bonds is 0. The lowest BCUT2D eigenvalue weighted by Crippen LogP contribution is -2.41. The molecule has 2 aliphatic rings. The van der Waals surface area contributed by atoms with Crippen LogP contribution in [-0.2, 0) is 9.53 Å². The van der Waals surface area contributed by atoms with Crippen LogP contribution in [0, 0.1) is 5.92 Å². The highest BCUT2D eigenvalue weighted by molar-refractivity contribution is 6.13. The van der Waals surface area contributed by atoms with Crippen LogP contribution in [0.2, 0.25) is 0 Å². The summed E-state index contributed by atoms with van der Waals surface area (Å²) in [5.74, 6) is -0.922. The van der Waals surface area contributed by atoms with Gasteiger partial charge in [-0.3, -0.25) is 4.79 Å². The van der Waals surface area contributed by atoms with E-state index in [1.165, 1.54) is 4.58 Å². The molecule has 0 N–H and O–H groups in total. The fourth-order valence-electron chi connectivity index (χ4n) is 1.56. The Morgan fingerprint density at radius 2 is 2.07 bits per heavy atom. The van der Waals surface area contributed by atoms with E-state index < -0.39 is 18.0 Å². The number of amides is 1. The van der Waals surface area contributed by atoms with Crippen LogP contribution >= 0.6 is 0 Å². The fraction of sp³-hybridized carbons (Fsp3) is 0.300. The molecule has 2 rings (SSSR count). The van der Waals surface area contributed by atoms with Crippen LogP contribution in [0.4, 0.5) is 4.79 Å². The van der Waals surface area contributed by atoms with Crippen molar-refractivity contribution in [1.29, 1.82) is 0 Å². The molecule has 1 aliphatic heterocycles. The molecular weight excluding hydrogens is 182 g/mol. The Hall–Kier alpha value is -1.71. The van der Waals surface area contributed by atoms with Crippen molar-refractivity contribution in [2.75, 3.05) is 7.05 Å². The average Bonchev–Trinajstić information content (AvgIpc) is 2.14. The van der Waals surface area contributed by atoms with Gasteiger partial charge in [0.05, 0.1) is 0 Å². The van der Waals surface area contributed by atoms with Crippen molar-refractivity contribution in [3.8, 4) is 0 Å². The first-order valence-corrected chi connectivity index (χ1v) is 4.32. The second-order valence-electron chi connectivity index (χ2n) is 3.39. The van der Waals surface area contributed by atoms with Crippen LogP contribution in [-0.4, -0.2) is 29.4 Å². The Labute approximate surface area is 81.2 Å². The molecular formula is C10H10NO3+. The highest BCUT2D eigenvalue weighted by Crippen LogP contribution is 2.19. The van der Waals surface area contributed by atoms with E-state index in [1.807, 2.05) is 13.0 Å². The fourth-order valence-corrected chi connectivity index (χ4v) is 1.56. The quantitative estimate of drug-likeness (QED) is 0.325. The summed E-state index contributed by atoms with van der Waals surface area (Å²) >= 11 is 0. The Kier molecular flexibility index (Phi) is 1.84. The topological polar surface area (TPSA) is 46.4 Å². The van der Waals surface area contributed by atoms with Crippen LogP contribution in [0.15, 0.2) is 23.8 Å². The second kappa shape index (κ2) is 2.90. The minimum atomic E-state index is -0.612. The van der Waals surface area contributed by atoms with Gasteiger partial charge in [-0.1, -0.05) is 17.7 Å². The molecule has 0 spiro atoms. The van der Waals surface area contributed by atoms with Crippen molar-refractivity contribution in [3.63, 3.8) is 0 Å². The van der Waals surface area contributed by atoms with E-state index in [0.717, 1.165) is 5.57 Å². The molecule has 1 unspecified atom stereocenters. The van der Waals surface area contributed by atoms with Gasteiger partial charge in [-0.2, -0.15) is 4.79 Å². The van der Waals surface area contributed by atoms with Crippen molar-refractivity contribution in [3.05, 3.63) is 23.8 Å². The van der Waals surface area contributed by atoms with Gasteiger partial charge >= 0.3 is 12.1 Å². The molecule has 0 radical (unpaired) electrons. The van der Waals surface area contributed by atoms with Gasteiger partial charge in [0, 0.05) is 6.08 Å². The number of nitrogens with zero attached hydrogens (tertiary/aromatic N) is 1. The molecule has 0 aromatic carbocycles. The van der Waals surface area contributed by atoms with Crippen molar-refractivity contribution >= 4 is 17.8 Å². The largest absolute Gasteiger partial charge is 0.604 e. The SMILES string of the molecule is CC1=CC2C(=O)OC(=O)[N+](C)=C2C=C1. The van der Waals surface area contributed by atoms with E-state index in [1.54, 1.807) is 19.2 Å². The molecule has 0 fully saturated rings. The predicted octanol–water partition coefficient (Wildman–Crippen LogP) is 0.879. The first-order chi connectivity index (χ1) is 6.59. The molecule has 1 aliphatic carbocycles. The summed E-state index contributed by atoms with van der Waals surface area (Å²) in [4.78, 5) is 22.5. The maximum atomic E-state index is 11.4.